The van der Waals surface area contributed by atoms with Crippen LogP contribution in [0.1, 0.15) is 50.7 Å². The molecule has 11 atom stereocenters. The summed E-state index contributed by atoms with van der Waals surface area (Å²) in [7, 11) is -1.53. The number of hydrogen-bond acceptors (Lipinski definition) is 12. The highest BCUT2D eigenvalue weighted by Crippen LogP contribution is 2.47. The number of nitrogens with zero attached hydrogens (tertiary/aromatic N) is 3. The molecule has 3 saturated heterocycles. The molecular formula is C42H55N3O11Si. The van der Waals surface area contributed by atoms with Crippen molar-refractivity contribution in [3.8, 4) is 0 Å². The standard InChI is InChI=1S/C42H55N3O11Si/c1-26(2)42(3,4)57(6,7)56-41-37(35(32(46)36(54-41)38(47)48-5)50-24-28-19-13-9-14-20-28)55-40-31(44-45-43)34(49-23-27-17-11-8-12-18-27)33-30(52-40)25-51-39(53-33)29-21-15-10-16-22-29/h8-22,26,30-37,39-41,46H,23-25H2,1-7H3/t30-,31-,32+,33-,34-,35+,36-,37-,39-,40-,41-/m1/s1. The Kier molecular flexibility index (Phi) is 14.2. The van der Waals surface area contributed by atoms with Gasteiger partial charge in [0.1, 0.15) is 42.7 Å². The number of aliphatic hydroxyl groups excluding tert-OH is 1. The Morgan fingerprint density at radius 1 is 0.877 bits per heavy atom. The number of fused-ring (bicyclic) bond motifs is 1. The van der Waals surface area contributed by atoms with Gasteiger partial charge in [0.05, 0.1) is 26.9 Å². The van der Waals surface area contributed by atoms with Crippen LogP contribution in [0, 0.1) is 5.92 Å². The monoisotopic (exact) mass is 805 g/mol. The summed E-state index contributed by atoms with van der Waals surface area (Å²) in [5.41, 5.74) is 12.5. The minimum Gasteiger partial charge on any atom is -0.467 e. The first-order valence-corrected chi connectivity index (χ1v) is 22.3. The molecule has 0 spiro atoms. The number of azide groups is 1. The Morgan fingerprint density at radius 2 is 1.46 bits per heavy atom. The molecule has 3 aromatic rings. The van der Waals surface area contributed by atoms with Gasteiger partial charge in [0, 0.05) is 10.5 Å². The molecule has 3 fully saturated rings. The predicted octanol–water partition coefficient (Wildman–Crippen LogP) is 6.98. The summed E-state index contributed by atoms with van der Waals surface area (Å²) in [6.07, 6.45) is -11.1. The molecule has 0 radical (unpaired) electrons. The summed E-state index contributed by atoms with van der Waals surface area (Å²) in [4.78, 5) is 16.4. The van der Waals surface area contributed by atoms with Crippen LogP contribution in [0.5, 0.6) is 0 Å². The molecule has 0 amide bonds. The molecule has 3 aliphatic heterocycles. The number of methoxy groups -OCH3 is 1. The first kappa shape index (κ1) is 42.9. The van der Waals surface area contributed by atoms with Crippen molar-refractivity contribution < 1.29 is 52.2 Å². The molecule has 3 heterocycles. The van der Waals surface area contributed by atoms with Crippen molar-refractivity contribution in [3.63, 3.8) is 0 Å². The van der Waals surface area contributed by atoms with Crippen LogP contribution in [0.3, 0.4) is 0 Å². The normalized spacial score (nSPS) is 30.6. The number of rotatable bonds is 15. The van der Waals surface area contributed by atoms with Crippen molar-refractivity contribution in [3.05, 3.63) is 118 Å². The maximum Gasteiger partial charge on any atom is 0.337 e. The van der Waals surface area contributed by atoms with Crippen molar-refractivity contribution in [2.45, 2.75) is 127 Å². The summed E-state index contributed by atoms with van der Waals surface area (Å²) >= 11 is 0. The van der Waals surface area contributed by atoms with Gasteiger partial charge in [-0.05, 0) is 40.7 Å². The minimum absolute atomic E-state index is 0.0582. The third kappa shape index (κ3) is 9.78. The first-order chi connectivity index (χ1) is 27.3. The van der Waals surface area contributed by atoms with Crippen LogP contribution < -0.4 is 0 Å². The lowest BCUT2D eigenvalue weighted by atomic mass is 9.94. The number of esters is 1. The Hall–Kier alpha value is -3.70. The molecule has 3 aromatic carbocycles. The highest BCUT2D eigenvalue weighted by atomic mass is 28.4. The lowest BCUT2D eigenvalue weighted by molar-refractivity contribution is -0.374. The zero-order valence-electron chi connectivity index (χ0n) is 33.6. The molecule has 0 aromatic heterocycles. The zero-order valence-corrected chi connectivity index (χ0v) is 34.6. The van der Waals surface area contributed by atoms with Gasteiger partial charge in [-0.2, -0.15) is 0 Å². The van der Waals surface area contributed by atoms with E-state index in [4.69, 9.17) is 42.3 Å². The SMILES string of the molecule is COC(=O)[C@@H]1O[C@H](O[Si](C)(C)C(C)(C)C(C)C)[C@H](O[C@H]2O[C@@H]3CO[C@@H](c4ccccc4)O[C@H]3[C@H](OCc3ccccc3)[C@H]2N=[N+]=[N-])[C@@H](OCc2ccccc2)[C@@H]1O. The van der Waals surface area contributed by atoms with Crippen molar-refractivity contribution in [2.24, 2.45) is 11.0 Å². The predicted molar refractivity (Wildman–Crippen MR) is 211 cm³/mol. The largest absolute Gasteiger partial charge is 0.467 e. The number of carbonyl (C=O) groups excluding carboxylic acids is 1. The van der Waals surface area contributed by atoms with E-state index in [1.54, 1.807) is 0 Å². The first-order valence-electron chi connectivity index (χ1n) is 19.4. The van der Waals surface area contributed by atoms with E-state index in [1.165, 1.54) is 7.11 Å². The van der Waals surface area contributed by atoms with E-state index in [-0.39, 0.29) is 30.8 Å². The van der Waals surface area contributed by atoms with E-state index in [0.29, 0.717) is 0 Å². The molecule has 3 aliphatic rings. The lowest BCUT2D eigenvalue weighted by Crippen LogP contribution is -2.67. The molecule has 0 aliphatic carbocycles. The van der Waals surface area contributed by atoms with Gasteiger partial charge in [-0.15, -0.1) is 0 Å². The van der Waals surface area contributed by atoms with Gasteiger partial charge in [-0.3, -0.25) is 0 Å². The Balaban J connectivity index is 1.38. The molecule has 0 bridgehead atoms. The van der Waals surface area contributed by atoms with Crippen LogP contribution in [0.4, 0.5) is 0 Å². The number of hydrogen-bond donors (Lipinski definition) is 1. The fourth-order valence-electron chi connectivity index (χ4n) is 7.22. The smallest absolute Gasteiger partial charge is 0.337 e. The summed E-state index contributed by atoms with van der Waals surface area (Å²) < 4.78 is 57.6. The highest BCUT2D eigenvalue weighted by molar-refractivity contribution is 6.74. The molecule has 6 rings (SSSR count). The number of carbonyl (C=O) groups is 1. The van der Waals surface area contributed by atoms with Crippen molar-refractivity contribution >= 4 is 14.3 Å². The van der Waals surface area contributed by atoms with Gasteiger partial charge in [-0.1, -0.05) is 124 Å². The lowest BCUT2D eigenvalue weighted by Gasteiger charge is -2.52. The van der Waals surface area contributed by atoms with E-state index in [9.17, 15) is 15.4 Å². The highest BCUT2D eigenvalue weighted by Gasteiger charge is 2.57. The van der Waals surface area contributed by atoms with Crippen LogP contribution in [0.15, 0.2) is 96.1 Å². The average Bonchev–Trinajstić information content (AvgIpc) is 3.21. The van der Waals surface area contributed by atoms with Crippen molar-refractivity contribution in [1.82, 2.24) is 0 Å². The van der Waals surface area contributed by atoms with Gasteiger partial charge in [0.15, 0.2) is 33.3 Å². The van der Waals surface area contributed by atoms with Gasteiger partial charge >= 0.3 is 5.97 Å². The minimum atomic E-state index is -2.75. The maximum atomic E-state index is 13.2. The van der Waals surface area contributed by atoms with E-state index in [2.05, 4.69) is 50.8 Å². The maximum absolute atomic E-state index is 13.2. The Morgan fingerprint density at radius 3 is 2.02 bits per heavy atom. The average molecular weight is 806 g/mol. The molecule has 0 saturated carbocycles. The third-order valence-electron chi connectivity index (χ3n) is 11.8. The number of ether oxygens (including phenoxy) is 8. The van der Waals surface area contributed by atoms with Gasteiger partial charge in [0.2, 0.25) is 0 Å². The van der Waals surface area contributed by atoms with Crippen LogP contribution in [0.25, 0.3) is 10.4 Å². The van der Waals surface area contributed by atoms with Crippen LogP contribution in [-0.2, 0) is 60.3 Å². The topological polar surface area (TPSA) is 169 Å². The zero-order chi connectivity index (χ0) is 40.7. The van der Waals surface area contributed by atoms with Crippen molar-refractivity contribution in [1.29, 1.82) is 0 Å². The number of aliphatic hydroxyl groups is 1. The second kappa shape index (κ2) is 18.9. The molecule has 1 N–H and O–H groups in total. The van der Waals surface area contributed by atoms with Gasteiger partial charge in [-0.25, -0.2) is 4.79 Å². The van der Waals surface area contributed by atoms with E-state index < -0.39 is 81.9 Å². The van der Waals surface area contributed by atoms with E-state index in [1.807, 2.05) is 91.0 Å². The molecule has 0 unspecified atom stereocenters. The van der Waals surface area contributed by atoms with Crippen LogP contribution >= 0.6 is 0 Å². The summed E-state index contributed by atoms with van der Waals surface area (Å²) in [6.45, 7) is 13.0. The fraction of sp³-hybridized carbons (Fsp3) is 0.548. The van der Waals surface area contributed by atoms with Gasteiger partial charge in [0.25, 0.3) is 0 Å². The van der Waals surface area contributed by atoms with Gasteiger partial charge < -0.3 is 47.4 Å². The summed E-state index contributed by atoms with van der Waals surface area (Å²) in [5.74, 6) is -0.580. The van der Waals surface area contributed by atoms with Crippen LogP contribution in [-0.4, -0.2) is 94.5 Å². The second-order valence-corrected chi connectivity index (χ2v) is 20.5. The summed E-state index contributed by atoms with van der Waals surface area (Å²) in [5, 5.41) is 15.8. The molecular weight excluding hydrogens is 751 g/mol. The quantitative estimate of drug-likeness (QED) is 0.0553. The fourth-order valence-corrected chi connectivity index (χ4v) is 9.68. The molecule has 14 nitrogen and oxygen atoms in total. The third-order valence-corrected chi connectivity index (χ3v) is 16.3. The van der Waals surface area contributed by atoms with E-state index >= 15 is 0 Å². The Labute approximate surface area is 335 Å². The van der Waals surface area contributed by atoms with E-state index in [0.717, 1.165) is 16.7 Å². The Bertz CT molecular complexity index is 1780. The van der Waals surface area contributed by atoms with Crippen LogP contribution in [0.2, 0.25) is 18.1 Å². The van der Waals surface area contributed by atoms with Crippen molar-refractivity contribution in [2.75, 3.05) is 13.7 Å². The second-order valence-electron chi connectivity index (χ2n) is 16.0. The number of benzene rings is 3. The summed E-state index contributed by atoms with van der Waals surface area (Å²) in [6, 6.07) is 27.4. The molecule has 57 heavy (non-hydrogen) atoms. The molecule has 15 heteroatoms. The molecule has 308 valence electrons.